The molecule has 0 bridgehead atoms. The Morgan fingerprint density at radius 1 is 1.26 bits per heavy atom. The lowest BCUT2D eigenvalue weighted by molar-refractivity contribution is 0.0954. The standard InChI is InChI=1S/C18H32N6O2.HI/c1-4-20-18(23-11-13-24(2)12-6-14-26-3)22-10-9-21-17(25)16-7-5-8-19-15-16;/h5,7-8,15H,4,6,9-14H2,1-3H3,(H,21,25)(H2,20,22,23);1H. The summed E-state index contributed by atoms with van der Waals surface area (Å²) in [5.41, 5.74) is 0.560. The van der Waals surface area contributed by atoms with Crippen LogP contribution in [0.25, 0.3) is 0 Å². The Morgan fingerprint density at radius 3 is 2.70 bits per heavy atom. The van der Waals surface area contributed by atoms with E-state index in [2.05, 4.69) is 37.9 Å². The molecule has 154 valence electrons. The number of aromatic nitrogens is 1. The normalized spacial score (nSPS) is 11.0. The van der Waals surface area contributed by atoms with Crippen molar-refractivity contribution in [3.05, 3.63) is 30.1 Å². The molecule has 1 amide bonds. The van der Waals surface area contributed by atoms with E-state index in [4.69, 9.17) is 4.74 Å². The maximum atomic E-state index is 11.9. The Kier molecular flexibility index (Phi) is 15.8. The third kappa shape index (κ3) is 12.5. The topological polar surface area (TPSA) is 90.9 Å². The monoisotopic (exact) mass is 492 g/mol. The molecule has 0 spiro atoms. The van der Waals surface area contributed by atoms with Crippen molar-refractivity contribution in [3.8, 4) is 0 Å². The minimum Gasteiger partial charge on any atom is -0.385 e. The molecule has 8 nitrogen and oxygen atoms in total. The SMILES string of the molecule is CCNC(=NCCN(C)CCCOC)NCCNC(=O)c1cccnc1.I. The fraction of sp³-hybridized carbons (Fsp3) is 0.611. The van der Waals surface area contributed by atoms with Gasteiger partial charge in [-0.15, -0.1) is 24.0 Å². The Labute approximate surface area is 179 Å². The van der Waals surface area contributed by atoms with Crippen molar-refractivity contribution in [1.29, 1.82) is 0 Å². The highest BCUT2D eigenvalue weighted by molar-refractivity contribution is 14.0. The van der Waals surface area contributed by atoms with Crippen LogP contribution in [0, 0.1) is 0 Å². The highest BCUT2D eigenvalue weighted by Crippen LogP contribution is 1.94. The molecule has 0 fully saturated rings. The molecule has 1 aromatic rings. The Hall–Kier alpha value is -1.46. The number of carbonyl (C=O) groups is 1. The zero-order valence-electron chi connectivity index (χ0n) is 16.5. The number of ether oxygens (including phenoxy) is 1. The van der Waals surface area contributed by atoms with Crippen LogP contribution in [0.4, 0.5) is 0 Å². The number of nitrogens with zero attached hydrogens (tertiary/aromatic N) is 3. The van der Waals surface area contributed by atoms with E-state index in [-0.39, 0.29) is 29.9 Å². The van der Waals surface area contributed by atoms with E-state index >= 15 is 0 Å². The van der Waals surface area contributed by atoms with E-state index in [1.54, 1.807) is 31.6 Å². The molecule has 3 N–H and O–H groups in total. The fourth-order valence-electron chi connectivity index (χ4n) is 2.22. The first kappa shape index (κ1) is 25.5. The summed E-state index contributed by atoms with van der Waals surface area (Å²) in [5.74, 6) is 0.632. The number of hydrogen-bond donors (Lipinski definition) is 3. The van der Waals surface area contributed by atoms with Crippen molar-refractivity contribution in [2.75, 3.05) is 60.0 Å². The summed E-state index contributed by atoms with van der Waals surface area (Å²) in [4.78, 5) is 22.7. The fourth-order valence-corrected chi connectivity index (χ4v) is 2.22. The van der Waals surface area contributed by atoms with Gasteiger partial charge in [0.25, 0.3) is 5.91 Å². The third-order valence-electron chi connectivity index (χ3n) is 3.61. The first-order chi connectivity index (χ1) is 12.7. The van der Waals surface area contributed by atoms with Crippen molar-refractivity contribution >= 4 is 35.8 Å². The number of hydrogen-bond acceptors (Lipinski definition) is 5. The summed E-state index contributed by atoms with van der Waals surface area (Å²) in [6, 6.07) is 3.49. The van der Waals surface area contributed by atoms with Crippen LogP contribution in [0.1, 0.15) is 23.7 Å². The molecular weight excluding hydrogens is 459 g/mol. The van der Waals surface area contributed by atoms with Gasteiger partial charge < -0.3 is 25.6 Å². The number of amides is 1. The van der Waals surface area contributed by atoms with Gasteiger partial charge >= 0.3 is 0 Å². The van der Waals surface area contributed by atoms with Gasteiger partial charge in [-0.25, -0.2) is 0 Å². The van der Waals surface area contributed by atoms with Gasteiger partial charge in [0.1, 0.15) is 0 Å². The van der Waals surface area contributed by atoms with Crippen molar-refractivity contribution < 1.29 is 9.53 Å². The van der Waals surface area contributed by atoms with Crippen LogP contribution < -0.4 is 16.0 Å². The summed E-state index contributed by atoms with van der Waals surface area (Å²) in [5, 5.41) is 9.28. The quantitative estimate of drug-likeness (QED) is 0.174. The Bertz CT molecular complexity index is 530. The highest BCUT2D eigenvalue weighted by Gasteiger charge is 2.04. The molecule has 0 atom stereocenters. The number of likely N-dealkylation sites (N-methyl/N-ethyl adjacent to an activating group) is 1. The van der Waals surface area contributed by atoms with E-state index in [9.17, 15) is 4.79 Å². The summed E-state index contributed by atoms with van der Waals surface area (Å²) < 4.78 is 5.06. The molecule has 0 aromatic carbocycles. The number of aliphatic imine (C=N–C) groups is 1. The number of nitrogens with one attached hydrogen (secondary N) is 3. The third-order valence-corrected chi connectivity index (χ3v) is 3.61. The van der Waals surface area contributed by atoms with Gasteiger partial charge in [-0.2, -0.15) is 0 Å². The lowest BCUT2D eigenvalue weighted by Gasteiger charge is -2.16. The van der Waals surface area contributed by atoms with E-state index < -0.39 is 0 Å². The van der Waals surface area contributed by atoms with Crippen LogP contribution >= 0.6 is 24.0 Å². The average Bonchev–Trinajstić information content (AvgIpc) is 2.66. The van der Waals surface area contributed by atoms with Crippen molar-refractivity contribution in [2.24, 2.45) is 4.99 Å². The molecule has 0 aliphatic carbocycles. The molecule has 0 aliphatic heterocycles. The van der Waals surface area contributed by atoms with Gasteiger partial charge in [0.15, 0.2) is 5.96 Å². The van der Waals surface area contributed by atoms with Gasteiger partial charge in [-0.3, -0.25) is 14.8 Å². The molecule has 0 saturated heterocycles. The molecule has 1 rings (SSSR count). The second-order valence-electron chi connectivity index (χ2n) is 5.83. The summed E-state index contributed by atoms with van der Waals surface area (Å²) in [6.07, 6.45) is 4.22. The van der Waals surface area contributed by atoms with Gasteiger partial charge in [0.2, 0.25) is 0 Å². The smallest absolute Gasteiger partial charge is 0.252 e. The van der Waals surface area contributed by atoms with Crippen molar-refractivity contribution in [2.45, 2.75) is 13.3 Å². The summed E-state index contributed by atoms with van der Waals surface area (Å²) in [6.45, 7) is 7.29. The molecule has 0 saturated carbocycles. The minimum absolute atomic E-state index is 0. The van der Waals surface area contributed by atoms with Crippen LogP contribution in [-0.4, -0.2) is 81.8 Å². The van der Waals surface area contributed by atoms with E-state index in [1.165, 1.54) is 0 Å². The number of carbonyl (C=O) groups excluding carboxylic acids is 1. The molecule has 0 radical (unpaired) electrons. The molecular formula is C18H33IN6O2. The maximum absolute atomic E-state index is 11.9. The predicted molar refractivity (Wildman–Crippen MR) is 120 cm³/mol. The van der Waals surface area contributed by atoms with Crippen molar-refractivity contribution in [1.82, 2.24) is 25.8 Å². The van der Waals surface area contributed by atoms with Crippen LogP contribution in [0.5, 0.6) is 0 Å². The molecule has 9 heteroatoms. The largest absolute Gasteiger partial charge is 0.385 e. The zero-order valence-corrected chi connectivity index (χ0v) is 18.9. The maximum Gasteiger partial charge on any atom is 0.252 e. The van der Waals surface area contributed by atoms with Crippen LogP contribution in [0.3, 0.4) is 0 Å². The molecule has 0 aliphatic rings. The first-order valence-corrected chi connectivity index (χ1v) is 9.05. The number of guanidine groups is 1. The predicted octanol–water partition coefficient (Wildman–Crippen LogP) is 0.953. The van der Waals surface area contributed by atoms with Crippen LogP contribution in [0.15, 0.2) is 29.5 Å². The highest BCUT2D eigenvalue weighted by atomic mass is 127. The van der Waals surface area contributed by atoms with E-state index in [0.717, 1.165) is 38.6 Å². The second kappa shape index (κ2) is 16.7. The van der Waals surface area contributed by atoms with Crippen LogP contribution in [0.2, 0.25) is 0 Å². The van der Waals surface area contributed by atoms with Gasteiger partial charge in [0.05, 0.1) is 12.1 Å². The first-order valence-electron chi connectivity index (χ1n) is 9.05. The average molecular weight is 492 g/mol. The number of halogens is 1. The van der Waals surface area contributed by atoms with E-state index in [0.29, 0.717) is 25.2 Å². The summed E-state index contributed by atoms with van der Waals surface area (Å²) >= 11 is 0. The lowest BCUT2D eigenvalue weighted by Crippen LogP contribution is -2.42. The number of pyridine rings is 1. The number of methoxy groups -OCH3 is 1. The summed E-state index contributed by atoms with van der Waals surface area (Å²) in [7, 11) is 3.80. The second-order valence-corrected chi connectivity index (χ2v) is 5.83. The molecule has 27 heavy (non-hydrogen) atoms. The van der Waals surface area contributed by atoms with Gasteiger partial charge in [-0.1, -0.05) is 0 Å². The minimum atomic E-state index is -0.125. The van der Waals surface area contributed by atoms with Gasteiger partial charge in [0, 0.05) is 58.8 Å². The Morgan fingerprint density at radius 2 is 2.04 bits per heavy atom. The molecule has 1 heterocycles. The molecule has 1 aromatic heterocycles. The van der Waals surface area contributed by atoms with Crippen molar-refractivity contribution in [3.63, 3.8) is 0 Å². The van der Waals surface area contributed by atoms with Crippen LogP contribution in [-0.2, 0) is 4.74 Å². The molecule has 0 unspecified atom stereocenters. The van der Waals surface area contributed by atoms with Gasteiger partial charge in [-0.05, 0) is 32.5 Å². The number of rotatable bonds is 12. The Balaban J connectivity index is 0.00000676. The lowest BCUT2D eigenvalue weighted by atomic mass is 10.3. The zero-order chi connectivity index (χ0) is 19.0. The van der Waals surface area contributed by atoms with E-state index in [1.807, 2.05) is 6.92 Å².